The zero-order valence-electron chi connectivity index (χ0n) is 11.7. The molecule has 114 valence electrons. The van der Waals surface area contributed by atoms with Crippen LogP contribution in [0.15, 0.2) is 0 Å². The Bertz CT molecular complexity index is 365. The SMILES string of the molecule is CC(=O)O[C@H]1[C@H](OC(C)=O)[C@H](C)O[C@@H](O)[C@H]1OC(C)=O. The molecule has 1 heterocycles. The Kier molecular flexibility index (Phi) is 5.46. The topological polar surface area (TPSA) is 108 Å². The van der Waals surface area contributed by atoms with Crippen molar-refractivity contribution in [3.8, 4) is 0 Å². The average molecular weight is 290 g/mol. The number of hydrogen-bond donors (Lipinski definition) is 1. The van der Waals surface area contributed by atoms with Crippen LogP contribution in [0.5, 0.6) is 0 Å². The van der Waals surface area contributed by atoms with Crippen LogP contribution in [-0.4, -0.2) is 53.7 Å². The smallest absolute Gasteiger partial charge is 0.303 e. The maximum Gasteiger partial charge on any atom is 0.303 e. The monoisotopic (exact) mass is 290 g/mol. The number of rotatable bonds is 3. The average Bonchev–Trinajstić information content (AvgIpc) is 2.27. The minimum absolute atomic E-state index is 0.611. The highest BCUT2D eigenvalue weighted by molar-refractivity contribution is 5.68. The molecule has 1 fully saturated rings. The van der Waals surface area contributed by atoms with Gasteiger partial charge in [-0.3, -0.25) is 14.4 Å². The molecule has 0 amide bonds. The van der Waals surface area contributed by atoms with Crippen LogP contribution in [0.4, 0.5) is 0 Å². The third kappa shape index (κ3) is 4.17. The van der Waals surface area contributed by atoms with Gasteiger partial charge in [0.05, 0.1) is 6.10 Å². The van der Waals surface area contributed by atoms with Gasteiger partial charge in [0.15, 0.2) is 24.6 Å². The fraction of sp³-hybridized carbons (Fsp3) is 0.750. The lowest BCUT2D eigenvalue weighted by molar-refractivity contribution is -0.288. The van der Waals surface area contributed by atoms with Gasteiger partial charge in [0.2, 0.25) is 0 Å². The Morgan fingerprint density at radius 3 is 1.70 bits per heavy atom. The maximum absolute atomic E-state index is 11.2. The van der Waals surface area contributed by atoms with Gasteiger partial charge in [-0.1, -0.05) is 0 Å². The zero-order valence-corrected chi connectivity index (χ0v) is 11.7. The highest BCUT2D eigenvalue weighted by atomic mass is 16.7. The Hall–Kier alpha value is -1.67. The molecule has 0 unspecified atom stereocenters. The van der Waals surface area contributed by atoms with E-state index in [0.29, 0.717) is 0 Å². The number of esters is 3. The quantitative estimate of drug-likeness (QED) is 0.548. The van der Waals surface area contributed by atoms with E-state index < -0.39 is 48.6 Å². The lowest BCUT2D eigenvalue weighted by atomic mass is 9.99. The van der Waals surface area contributed by atoms with E-state index in [0.717, 1.165) is 13.8 Å². The van der Waals surface area contributed by atoms with Crippen LogP contribution in [0, 0.1) is 0 Å². The number of hydrogen-bond acceptors (Lipinski definition) is 8. The molecule has 1 rings (SSSR count). The van der Waals surface area contributed by atoms with E-state index in [2.05, 4.69) is 0 Å². The van der Waals surface area contributed by atoms with E-state index in [-0.39, 0.29) is 0 Å². The van der Waals surface area contributed by atoms with Crippen LogP contribution in [0.2, 0.25) is 0 Å². The van der Waals surface area contributed by atoms with Crippen LogP contribution in [0.3, 0.4) is 0 Å². The fourth-order valence-corrected chi connectivity index (χ4v) is 1.99. The standard InChI is InChI=1S/C12H18O8/c1-5-9(18-6(2)13)10(19-7(3)14)11(12(16)17-5)20-8(4)15/h5,9-12,16H,1-4H3/t5-,9+,10-,11-,12+/m0/s1. The maximum atomic E-state index is 11.2. The molecule has 8 nitrogen and oxygen atoms in total. The number of carbonyl (C=O) groups is 3. The van der Waals surface area contributed by atoms with Crippen molar-refractivity contribution in [2.24, 2.45) is 0 Å². The van der Waals surface area contributed by atoms with Crippen molar-refractivity contribution in [3.63, 3.8) is 0 Å². The molecule has 0 radical (unpaired) electrons. The highest BCUT2D eigenvalue weighted by Gasteiger charge is 2.49. The van der Waals surface area contributed by atoms with E-state index in [9.17, 15) is 19.5 Å². The molecular formula is C12H18O8. The molecule has 1 aliphatic rings. The van der Waals surface area contributed by atoms with Gasteiger partial charge in [-0.25, -0.2) is 0 Å². The molecule has 1 N–H and O–H groups in total. The molecule has 1 saturated heterocycles. The van der Waals surface area contributed by atoms with Crippen molar-refractivity contribution in [1.82, 2.24) is 0 Å². The first kappa shape index (κ1) is 16.4. The van der Waals surface area contributed by atoms with Crippen LogP contribution in [0.1, 0.15) is 27.7 Å². The largest absolute Gasteiger partial charge is 0.456 e. The van der Waals surface area contributed by atoms with Gasteiger partial charge in [-0.2, -0.15) is 0 Å². The summed E-state index contributed by atoms with van der Waals surface area (Å²) in [6, 6.07) is 0. The first-order valence-corrected chi connectivity index (χ1v) is 6.07. The van der Waals surface area contributed by atoms with E-state index in [4.69, 9.17) is 18.9 Å². The summed E-state index contributed by atoms with van der Waals surface area (Å²) in [5.74, 6) is -1.96. The molecular weight excluding hydrogens is 272 g/mol. The predicted molar refractivity (Wildman–Crippen MR) is 63.2 cm³/mol. The summed E-state index contributed by atoms with van der Waals surface area (Å²) in [4.78, 5) is 33.3. The molecule has 8 heteroatoms. The molecule has 0 aliphatic carbocycles. The summed E-state index contributed by atoms with van der Waals surface area (Å²) in [6.07, 6.45) is -5.60. The number of aliphatic hydroxyl groups excluding tert-OH is 1. The lowest BCUT2D eigenvalue weighted by Crippen LogP contribution is -2.60. The van der Waals surface area contributed by atoms with Crippen LogP contribution >= 0.6 is 0 Å². The van der Waals surface area contributed by atoms with Crippen LogP contribution < -0.4 is 0 Å². The second-order valence-corrected chi connectivity index (χ2v) is 4.45. The van der Waals surface area contributed by atoms with Crippen molar-refractivity contribution >= 4 is 17.9 Å². The van der Waals surface area contributed by atoms with Crippen molar-refractivity contribution in [2.45, 2.75) is 58.4 Å². The van der Waals surface area contributed by atoms with Gasteiger partial charge < -0.3 is 24.1 Å². The molecule has 0 saturated carbocycles. The van der Waals surface area contributed by atoms with E-state index in [1.165, 1.54) is 13.8 Å². The Labute approximate surface area is 115 Å². The summed E-state index contributed by atoms with van der Waals surface area (Å²) in [5.41, 5.74) is 0. The van der Waals surface area contributed by atoms with Gasteiger partial charge in [-0.05, 0) is 6.92 Å². The number of aliphatic hydroxyl groups is 1. The van der Waals surface area contributed by atoms with Gasteiger partial charge in [-0.15, -0.1) is 0 Å². The van der Waals surface area contributed by atoms with Crippen molar-refractivity contribution in [1.29, 1.82) is 0 Å². The second-order valence-electron chi connectivity index (χ2n) is 4.45. The van der Waals surface area contributed by atoms with Crippen LogP contribution in [0.25, 0.3) is 0 Å². The van der Waals surface area contributed by atoms with E-state index in [1.54, 1.807) is 0 Å². The molecule has 1 aliphatic heterocycles. The lowest BCUT2D eigenvalue weighted by Gasteiger charge is -2.41. The first-order chi connectivity index (χ1) is 9.22. The summed E-state index contributed by atoms with van der Waals surface area (Å²) in [6.45, 7) is 5.01. The molecule has 0 aromatic rings. The van der Waals surface area contributed by atoms with Crippen LogP contribution in [-0.2, 0) is 33.3 Å². The normalized spacial score (nSPS) is 33.1. The first-order valence-electron chi connectivity index (χ1n) is 6.07. The third-order valence-electron chi connectivity index (χ3n) is 2.65. The molecule has 20 heavy (non-hydrogen) atoms. The summed E-state index contributed by atoms with van der Waals surface area (Å²) in [7, 11) is 0. The van der Waals surface area contributed by atoms with Gasteiger partial charge >= 0.3 is 17.9 Å². The fourth-order valence-electron chi connectivity index (χ4n) is 1.99. The molecule has 0 bridgehead atoms. The third-order valence-corrected chi connectivity index (χ3v) is 2.65. The number of carbonyl (C=O) groups excluding carboxylic acids is 3. The summed E-state index contributed by atoms with van der Waals surface area (Å²) < 4.78 is 20.1. The Morgan fingerprint density at radius 2 is 1.25 bits per heavy atom. The highest BCUT2D eigenvalue weighted by Crippen LogP contribution is 2.27. The molecule has 0 aromatic carbocycles. The van der Waals surface area contributed by atoms with Crippen molar-refractivity contribution in [3.05, 3.63) is 0 Å². The van der Waals surface area contributed by atoms with Gasteiger partial charge in [0, 0.05) is 20.8 Å². The molecule has 0 spiro atoms. The summed E-state index contributed by atoms with van der Waals surface area (Å²) in [5, 5.41) is 9.79. The van der Waals surface area contributed by atoms with E-state index in [1.807, 2.05) is 0 Å². The minimum Gasteiger partial charge on any atom is -0.456 e. The predicted octanol–water partition coefficient (Wildman–Crippen LogP) is -0.481. The second kappa shape index (κ2) is 6.67. The zero-order chi connectivity index (χ0) is 15.4. The molecule has 0 aromatic heterocycles. The Balaban J connectivity index is 3.01. The van der Waals surface area contributed by atoms with Crippen molar-refractivity contribution < 1.29 is 38.4 Å². The van der Waals surface area contributed by atoms with E-state index >= 15 is 0 Å². The van der Waals surface area contributed by atoms with Gasteiger partial charge in [0.25, 0.3) is 0 Å². The molecule has 5 atom stereocenters. The Morgan fingerprint density at radius 1 is 0.850 bits per heavy atom. The van der Waals surface area contributed by atoms with Gasteiger partial charge in [0.1, 0.15) is 0 Å². The number of ether oxygens (including phenoxy) is 4. The summed E-state index contributed by atoms with van der Waals surface area (Å²) >= 11 is 0. The van der Waals surface area contributed by atoms with Crippen molar-refractivity contribution in [2.75, 3.05) is 0 Å². The minimum atomic E-state index is -1.48.